The smallest absolute Gasteiger partial charge is 0.273 e. The van der Waals surface area contributed by atoms with Gasteiger partial charge in [-0.05, 0) is 48.1 Å². The van der Waals surface area contributed by atoms with E-state index in [-0.39, 0.29) is 22.2 Å². The van der Waals surface area contributed by atoms with Crippen LogP contribution in [0.4, 0.5) is 4.39 Å². The van der Waals surface area contributed by atoms with E-state index in [1.165, 1.54) is 20.7 Å². The topological polar surface area (TPSA) is 50.8 Å². The molecular formula is C13H16FN3OS. The number of hydrogen-bond donors (Lipinski definition) is 1. The highest BCUT2D eigenvalue weighted by Crippen LogP contribution is 2.22. The lowest BCUT2D eigenvalue weighted by Gasteiger charge is -2.12. The van der Waals surface area contributed by atoms with E-state index in [4.69, 9.17) is 5.41 Å². The van der Waals surface area contributed by atoms with E-state index >= 15 is 0 Å². The fraction of sp³-hybridized carbons (Fsp3) is 0.385. The Kier molecular flexibility index (Phi) is 3.71. The number of aromatic nitrogens is 2. The van der Waals surface area contributed by atoms with Crippen molar-refractivity contribution in [3.05, 3.63) is 44.9 Å². The second kappa shape index (κ2) is 5.13. The van der Waals surface area contributed by atoms with Crippen LogP contribution in [-0.4, -0.2) is 8.52 Å². The molecule has 0 unspecified atom stereocenters. The van der Waals surface area contributed by atoms with Crippen LogP contribution in [0.15, 0.2) is 23.0 Å². The van der Waals surface area contributed by atoms with E-state index in [0.29, 0.717) is 12.2 Å². The number of nitrogens with zero attached hydrogens (tertiary/aromatic N) is 2. The van der Waals surface area contributed by atoms with Crippen molar-refractivity contribution >= 4 is 11.5 Å². The van der Waals surface area contributed by atoms with E-state index in [9.17, 15) is 9.18 Å². The third-order valence-electron chi connectivity index (χ3n) is 2.94. The first-order valence-electron chi connectivity index (χ1n) is 6.13. The van der Waals surface area contributed by atoms with E-state index < -0.39 is 0 Å². The van der Waals surface area contributed by atoms with Gasteiger partial charge in [-0.25, -0.2) is 17.7 Å². The number of halogens is 1. The third kappa shape index (κ3) is 2.40. The Morgan fingerprint density at radius 1 is 1.42 bits per heavy atom. The minimum atomic E-state index is -0.328. The van der Waals surface area contributed by atoms with Crippen molar-refractivity contribution in [3.63, 3.8) is 0 Å². The first kappa shape index (κ1) is 13.7. The first-order valence-corrected chi connectivity index (χ1v) is 6.90. The summed E-state index contributed by atoms with van der Waals surface area (Å²) >= 11 is 1.10. The average Bonchev–Trinajstić information content (AvgIpc) is 2.64. The lowest BCUT2D eigenvalue weighted by Crippen LogP contribution is -2.28. The van der Waals surface area contributed by atoms with Gasteiger partial charge >= 0.3 is 5.69 Å². The zero-order valence-electron chi connectivity index (χ0n) is 11.1. The van der Waals surface area contributed by atoms with Crippen molar-refractivity contribution in [2.24, 2.45) is 0 Å². The number of aryl methyl sites for hydroxylation is 1. The molecule has 0 aliphatic carbocycles. The normalized spacial score (nSPS) is 11.2. The highest BCUT2D eigenvalue weighted by molar-refractivity contribution is 7.03. The molecule has 0 amide bonds. The Hall–Kier alpha value is -1.69. The molecule has 102 valence electrons. The molecule has 1 N–H and O–H groups in total. The molecule has 1 heterocycles. The first-order chi connectivity index (χ1) is 8.95. The largest absolute Gasteiger partial charge is 0.344 e. The molecule has 0 bridgehead atoms. The van der Waals surface area contributed by atoms with Crippen LogP contribution in [0.3, 0.4) is 0 Å². The molecule has 19 heavy (non-hydrogen) atoms. The van der Waals surface area contributed by atoms with Crippen molar-refractivity contribution in [2.45, 2.75) is 33.2 Å². The summed E-state index contributed by atoms with van der Waals surface area (Å²) < 4.78 is 16.2. The summed E-state index contributed by atoms with van der Waals surface area (Å²) in [5.74, 6) is -0.252. The SMILES string of the molecule is CCn1sc(=N)n(-c2ccc(F)cc2C(C)C)c1=O. The van der Waals surface area contributed by atoms with Gasteiger partial charge in [0.25, 0.3) is 0 Å². The Morgan fingerprint density at radius 2 is 2.11 bits per heavy atom. The van der Waals surface area contributed by atoms with Crippen LogP contribution in [0.25, 0.3) is 5.69 Å². The second-order valence-corrected chi connectivity index (χ2v) is 5.58. The van der Waals surface area contributed by atoms with E-state index in [0.717, 1.165) is 17.1 Å². The van der Waals surface area contributed by atoms with E-state index in [1.54, 1.807) is 6.07 Å². The molecule has 0 aliphatic heterocycles. The fourth-order valence-electron chi connectivity index (χ4n) is 1.99. The molecule has 0 aliphatic rings. The molecule has 1 aromatic heterocycles. The molecular weight excluding hydrogens is 265 g/mol. The molecule has 0 atom stereocenters. The Balaban J connectivity index is 2.76. The minimum absolute atomic E-state index is 0.0759. The van der Waals surface area contributed by atoms with Crippen LogP contribution in [0, 0.1) is 11.2 Å². The van der Waals surface area contributed by atoms with Crippen LogP contribution >= 0.6 is 11.5 Å². The summed E-state index contributed by atoms with van der Waals surface area (Å²) in [5.41, 5.74) is 1.08. The standard InChI is InChI=1S/C13H16FN3OS/c1-4-16-13(18)17(12(15)19-16)11-6-5-9(14)7-10(11)8(2)3/h5-8,15H,4H2,1-3H3. The molecule has 0 saturated carbocycles. The molecule has 0 spiro atoms. The summed E-state index contributed by atoms with van der Waals surface area (Å²) in [6.45, 7) is 6.26. The highest BCUT2D eigenvalue weighted by atomic mass is 32.1. The molecule has 2 rings (SSSR count). The summed E-state index contributed by atoms with van der Waals surface area (Å²) in [7, 11) is 0. The van der Waals surface area contributed by atoms with Gasteiger partial charge in [0.1, 0.15) is 5.82 Å². The number of rotatable bonds is 3. The van der Waals surface area contributed by atoms with Crippen LogP contribution in [0.2, 0.25) is 0 Å². The van der Waals surface area contributed by atoms with Crippen molar-refractivity contribution in [1.82, 2.24) is 8.52 Å². The molecule has 6 heteroatoms. The van der Waals surface area contributed by atoms with Gasteiger partial charge in [-0.15, -0.1) is 0 Å². The van der Waals surface area contributed by atoms with Crippen molar-refractivity contribution in [3.8, 4) is 5.69 Å². The van der Waals surface area contributed by atoms with E-state index in [2.05, 4.69) is 0 Å². The second-order valence-electron chi connectivity index (χ2n) is 4.57. The quantitative estimate of drug-likeness (QED) is 0.923. The maximum atomic E-state index is 13.4. The molecule has 0 radical (unpaired) electrons. The lowest BCUT2D eigenvalue weighted by molar-refractivity contribution is 0.621. The van der Waals surface area contributed by atoms with Gasteiger partial charge in [-0.3, -0.25) is 5.41 Å². The third-order valence-corrected chi connectivity index (χ3v) is 3.93. The average molecular weight is 281 g/mol. The predicted molar refractivity (Wildman–Crippen MR) is 73.5 cm³/mol. The minimum Gasteiger partial charge on any atom is -0.273 e. The van der Waals surface area contributed by atoms with Gasteiger partial charge in [0.05, 0.1) is 5.69 Å². The zero-order valence-corrected chi connectivity index (χ0v) is 11.9. The molecule has 1 aromatic carbocycles. The molecule has 0 saturated heterocycles. The van der Waals surface area contributed by atoms with Crippen molar-refractivity contribution < 1.29 is 4.39 Å². The predicted octanol–water partition coefficient (Wildman–Crippen LogP) is 2.46. The molecule has 2 aromatic rings. The van der Waals surface area contributed by atoms with Gasteiger partial charge in [-0.1, -0.05) is 13.8 Å². The number of benzene rings is 1. The maximum Gasteiger partial charge on any atom is 0.344 e. The Bertz CT molecular complexity index is 711. The summed E-state index contributed by atoms with van der Waals surface area (Å²) in [6, 6.07) is 4.32. The molecule has 4 nitrogen and oxygen atoms in total. The van der Waals surface area contributed by atoms with Crippen LogP contribution in [0.5, 0.6) is 0 Å². The van der Waals surface area contributed by atoms with Crippen LogP contribution in [0.1, 0.15) is 32.3 Å². The monoisotopic (exact) mass is 281 g/mol. The number of hydrogen-bond acceptors (Lipinski definition) is 3. The zero-order chi connectivity index (χ0) is 14.2. The highest BCUT2D eigenvalue weighted by Gasteiger charge is 2.15. The van der Waals surface area contributed by atoms with Gasteiger partial charge in [0.15, 0.2) is 0 Å². The summed E-state index contributed by atoms with van der Waals surface area (Å²) in [6.07, 6.45) is 0. The summed E-state index contributed by atoms with van der Waals surface area (Å²) in [4.78, 5) is 12.4. The van der Waals surface area contributed by atoms with Crippen LogP contribution in [-0.2, 0) is 6.54 Å². The number of nitrogens with one attached hydrogen (secondary N) is 1. The molecule has 0 fully saturated rings. The van der Waals surface area contributed by atoms with Gasteiger partial charge in [0, 0.05) is 6.54 Å². The van der Waals surface area contributed by atoms with Gasteiger partial charge in [0.2, 0.25) is 4.80 Å². The van der Waals surface area contributed by atoms with Gasteiger partial charge < -0.3 is 0 Å². The van der Waals surface area contributed by atoms with E-state index in [1.807, 2.05) is 20.8 Å². The Labute approximate surface area is 114 Å². The van der Waals surface area contributed by atoms with Gasteiger partial charge in [-0.2, -0.15) is 0 Å². The summed E-state index contributed by atoms with van der Waals surface area (Å²) in [5, 5.41) is 7.93. The van der Waals surface area contributed by atoms with Crippen molar-refractivity contribution in [1.29, 1.82) is 5.41 Å². The fourth-order valence-corrected chi connectivity index (χ4v) is 2.74. The van der Waals surface area contributed by atoms with Crippen molar-refractivity contribution in [2.75, 3.05) is 0 Å². The lowest BCUT2D eigenvalue weighted by atomic mass is 10.0. The van der Waals surface area contributed by atoms with Crippen LogP contribution < -0.4 is 10.5 Å². The Morgan fingerprint density at radius 3 is 2.63 bits per heavy atom. The maximum absolute atomic E-state index is 13.4.